The molecular formula is C37H36O19. The second kappa shape index (κ2) is 22.3. The Bertz CT molecular complexity index is 1880. The molecule has 0 bridgehead atoms. The molecule has 0 radical (unpaired) electrons. The van der Waals surface area contributed by atoms with Crippen molar-refractivity contribution in [1.82, 2.24) is 0 Å². The Balaban J connectivity index is 0.000000417. The number of hydrogen-bond acceptors (Lipinski definition) is 14. The molecule has 1 aliphatic rings. The average Bonchev–Trinajstić information content (AvgIpc) is 3.45. The summed E-state index contributed by atoms with van der Waals surface area (Å²) in [6.07, 6.45) is 3.70. The number of hydrogen-bond donors (Lipinski definition) is 7. The van der Waals surface area contributed by atoms with E-state index in [1.165, 1.54) is 12.1 Å². The van der Waals surface area contributed by atoms with Crippen LogP contribution in [0.15, 0.2) is 54.6 Å². The van der Waals surface area contributed by atoms with Crippen molar-refractivity contribution in [3.63, 3.8) is 0 Å². The molecule has 1 heterocycles. The van der Waals surface area contributed by atoms with Crippen LogP contribution < -0.4 is 0 Å². The number of aliphatic hydroxyl groups is 2. The topological polar surface area (TPSA) is 323 Å². The molecular weight excluding hydrogens is 748 g/mol. The molecule has 19 heteroatoms. The summed E-state index contributed by atoms with van der Waals surface area (Å²) in [7, 11) is 0. The number of carbonyl (C=O) groups is 9. The van der Waals surface area contributed by atoms with Gasteiger partial charge in [0.15, 0.2) is 0 Å². The molecule has 0 amide bonds. The molecule has 0 aliphatic carbocycles. The number of fused-ring (bicyclic) bond motifs is 1. The summed E-state index contributed by atoms with van der Waals surface area (Å²) in [5.74, 6) is -10.2. The van der Waals surface area contributed by atoms with E-state index in [2.05, 4.69) is 4.74 Å². The van der Waals surface area contributed by atoms with Crippen molar-refractivity contribution < 1.29 is 93.1 Å². The van der Waals surface area contributed by atoms with Gasteiger partial charge >= 0.3 is 53.7 Å². The van der Waals surface area contributed by atoms with Gasteiger partial charge in [0.1, 0.15) is 0 Å². The fourth-order valence-corrected chi connectivity index (χ4v) is 4.55. The molecule has 0 saturated carbocycles. The van der Waals surface area contributed by atoms with Crippen molar-refractivity contribution in [3.05, 3.63) is 105 Å². The Hall–Kier alpha value is -6.99. The van der Waals surface area contributed by atoms with Crippen molar-refractivity contribution in [2.24, 2.45) is 0 Å². The van der Waals surface area contributed by atoms with E-state index in [0.29, 0.717) is 19.3 Å². The summed E-state index contributed by atoms with van der Waals surface area (Å²) >= 11 is 0. The van der Waals surface area contributed by atoms with E-state index in [1.54, 1.807) is 0 Å². The Morgan fingerprint density at radius 3 is 1.21 bits per heavy atom. The van der Waals surface area contributed by atoms with E-state index >= 15 is 0 Å². The summed E-state index contributed by atoms with van der Waals surface area (Å²) in [5, 5.41) is 61.3. The number of cyclic esters (lactones) is 2. The van der Waals surface area contributed by atoms with Gasteiger partial charge in [-0.05, 0) is 93.1 Å². The highest BCUT2D eigenvalue weighted by Gasteiger charge is 2.30. The molecule has 7 N–H and O–H groups in total. The van der Waals surface area contributed by atoms with Gasteiger partial charge in [-0.3, -0.25) is 0 Å². The maximum Gasteiger partial charge on any atom is 0.346 e. The molecule has 0 atom stereocenters. The summed E-state index contributed by atoms with van der Waals surface area (Å²) < 4.78 is 14.3. The minimum Gasteiger partial charge on any atom is -0.478 e. The van der Waals surface area contributed by atoms with Crippen LogP contribution in [-0.4, -0.2) is 116 Å². The number of benzene rings is 3. The summed E-state index contributed by atoms with van der Waals surface area (Å²) in [6.45, 7) is 0.346. The highest BCUT2D eigenvalue weighted by atomic mass is 16.6. The van der Waals surface area contributed by atoms with Gasteiger partial charge in [-0.25, -0.2) is 43.2 Å². The highest BCUT2D eigenvalue weighted by molar-refractivity contribution is 6.15. The molecule has 3 aromatic carbocycles. The molecule has 0 spiro atoms. The molecule has 3 aromatic rings. The standard InChI is InChI=1S/C23H20O12.C9H4O5.C5H12O2/c24-18(25)12-4-6-14(16(10-12)20(28)29)22(32)34-8-2-1-3-9-35-23(33)15-7-5-13(19(26)27)11-17(15)21(30)31;10-7(11)4-1-2-5-6(3-4)9(13)14-8(5)12;6-4-2-1-3-5-7/h4-7,10-11H,1-3,8-9H2,(H,24,25)(H,26,27)(H,28,29)(H,30,31);1-3H,(H,10,11);6-7H,1-5H2. The Morgan fingerprint density at radius 1 is 0.446 bits per heavy atom. The average molecular weight is 785 g/mol. The highest BCUT2D eigenvalue weighted by Crippen LogP contribution is 2.21. The second-order valence-electron chi connectivity index (χ2n) is 11.3. The predicted octanol–water partition coefficient (Wildman–Crippen LogP) is 3.50. The third kappa shape index (κ3) is 13.5. The number of aliphatic hydroxyl groups excluding tert-OH is 2. The van der Waals surface area contributed by atoms with Gasteiger partial charge in [0.2, 0.25) is 0 Å². The van der Waals surface area contributed by atoms with Crippen LogP contribution in [0.3, 0.4) is 0 Å². The lowest BCUT2D eigenvalue weighted by molar-refractivity contribution is 0.0435. The summed E-state index contributed by atoms with van der Waals surface area (Å²) in [5.41, 5.74) is -2.09. The SMILES string of the molecule is O=C(O)c1ccc(C(=O)OCCCCCOC(=O)c2ccc(C(=O)O)cc2C(=O)O)c(C(=O)O)c1.O=C(O)c1ccc2c(c1)C(=O)OC2=O.OCCCCCO. The Labute approximate surface area is 316 Å². The molecule has 0 fully saturated rings. The smallest absolute Gasteiger partial charge is 0.346 e. The number of ether oxygens (including phenoxy) is 3. The first-order chi connectivity index (χ1) is 26.5. The largest absolute Gasteiger partial charge is 0.478 e. The minimum atomic E-state index is -1.48. The number of carbonyl (C=O) groups excluding carboxylic acids is 4. The van der Waals surface area contributed by atoms with Gasteiger partial charge in [0, 0.05) is 13.2 Å². The Kier molecular flexibility index (Phi) is 18.0. The van der Waals surface area contributed by atoms with Crippen LogP contribution in [0.5, 0.6) is 0 Å². The van der Waals surface area contributed by atoms with Gasteiger partial charge in [0.05, 0.1) is 63.3 Å². The van der Waals surface area contributed by atoms with Crippen molar-refractivity contribution in [3.8, 4) is 0 Å². The third-order valence-electron chi connectivity index (χ3n) is 7.40. The lowest BCUT2D eigenvalue weighted by Gasteiger charge is -2.09. The maximum absolute atomic E-state index is 12.2. The fourth-order valence-electron chi connectivity index (χ4n) is 4.55. The van der Waals surface area contributed by atoms with Crippen LogP contribution in [0.2, 0.25) is 0 Å². The Morgan fingerprint density at radius 2 is 0.821 bits per heavy atom. The third-order valence-corrected chi connectivity index (χ3v) is 7.40. The van der Waals surface area contributed by atoms with Gasteiger partial charge in [-0.15, -0.1) is 0 Å². The molecule has 0 aromatic heterocycles. The van der Waals surface area contributed by atoms with E-state index in [4.69, 9.17) is 35.0 Å². The molecule has 0 unspecified atom stereocenters. The lowest BCUT2D eigenvalue weighted by Crippen LogP contribution is -2.14. The molecule has 0 saturated heterocycles. The quantitative estimate of drug-likeness (QED) is 0.0445. The normalized spacial score (nSPS) is 11.0. The van der Waals surface area contributed by atoms with Gasteiger partial charge in [-0.1, -0.05) is 0 Å². The molecule has 19 nitrogen and oxygen atoms in total. The van der Waals surface area contributed by atoms with Gasteiger partial charge in [-0.2, -0.15) is 0 Å². The zero-order chi connectivity index (χ0) is 41.9. The number of carboxylic acid groups (broad SMARTS) is 5. The predicted molar refractivity (Wildman–Crippen MR) is 186 cm³/mol. The van der Waals surface area contributed by atoms with Crippen molar-refractivity contribution in [1.29, 1.82) is 0 Å². The monoisotopic (exact) mass is 784 g/mol. The van der Waals surface area contributed by atoms with E-state index < -0.39 is 64.9 Å². The van der Waals surface area contributed by atoms with Crippen LogP contribution in [0.4, 0.5) is 0 Å². The van der Waals surface area contributed by atoms with Crippen molar-refractivity contribution >= 4 is 53.7 Å². The molecule has 56 heavy (non-hydrogen) atoms. The van der Waals surface area contributed by atoms with Gasteiger partial charge in [0.25, 0.3) is 0 Å². The summed E-state index contributed by atoms with van der Waals surface area (Å²) in [6, 6.07) is 9.67. The van der Waals surface area contributed by atoms with Crippen molar-refractivity contribution in [2.45, 2.75) is 38.5 Å². The van der Waals surface area contributed by atoms with E-state index in [0.717, 1.165) is 61.7 Å². The van der Waals surface area contributed by atoms with Crippen molar-refractivity contribution in [2.75, 3.05) is 26.4 Å². The fraction of sp³-hybridized carbons (Fsp3) is 0.270. The van der Waals surface area contributed by atoms with Crippen LogP contribution >= 0.6 is 0 Å². The van der Waals surface area contributed by atoms with Crippen LogP contribution in [0, 0.1) is 0 Å². The van der Waals surface area contributed by atoms with Crippen LogP contribution in [-0.2, 0) is 14.2 Å². The number of carboxylic acids is 5. The number of unbranched alkanes of at least 4 members (excludes halogenated alkanes) is 4. The number of aromatic carboxylic acids is 5. The van der Waals surface area contributed by atoms with E-state index in [-0.39, 0.29) is 65.4 Å². The zero-order valence-corrected chi connectivity index (χ0v) is 29.3. The first-order valence-electron chi connectivity index (χ1n) is 16.4. The van der Waals surface area contributed by atoms with E-state index in [1.807, 2.05) is 0 Å². The minimum absolute atomic E-state index is 0.00917. The first-order valence-corrected chi connectivity index (χ1v) is 16.4. The number of rotatable bonds is 17. The molecule has 298 valence electrons. The first kappa shape index (κ1) is 45.2. The van der Waals surface area contributed by atoms with Crippen LogP contribution in [0.1, 0.15) is 132 Å². The molecule has 4 rings (SSSR count). The second-order valence-corrected chi connectivity index (χ2v) is 11.3. The summed E-state index contributed by atoms with van der Waals surface area (Å²) in [4.78, 5) is 101. The lowest BCUT2D eigenvalue weighted by atomic mass is 10.0. The van der Waals surface area contributed by atoms with E-state index in [9.17, 15) is 53.4 Å². The number of esters is 4. The maximum atomic E-state index is 12.2. The zero-order valence-electron chi connectivity index (χ0n) is 29.3. The van der Waals surface area contributed by atoms with Gasteiger partial charge < -0.3 is 50.0 Å². The molecule has 1 aliphatic heterocycles. The van der Waals surface area contributed by atoms with Crippen LogP contribution in [0.25, 0.3) is 0 Å².